The molecule has 0 N–H and O–H groups in total. The Balaban J connectivity index is 2.00. The number of carbonyl (C=O) groups excluding carboxylic acids is 1. The smallest absolute Gasteiger partial charge is 0.363 e. The molecule has 22 heavy (non-hydrogen) atoms. The van der Waals surface area contributed by atoms with Crippen molar-refractivity contribution in [3.05, 3.63) is 73.7 Å². The fraction of sp³-hybridized carbons (Fsp3) is 0. The molecule has 0 atom stereocenters. The lowest BCUT2D eigenvalue weighted by molar-refractivity contribution is -0.129. The van der Waals surface area contributed by atoms with Gasteiger partial charge in [-0.15, -0.1) is 0 Å². The second-order valence-corrected chi connectivity index (χ2v) is 6.17. The molecule has 0 aromatic heterocycles. The predicted molar refractivity (Wildman–Crippen MR) is 91.2 cm³/mol. The van der Waals surface area contributed by atoms with Crippen LogP contribution in [0.15, 0.2) is 53.2 Å². The molecule has 1 heterocycles. The Bertz CT molecular complexity index is 833. The maximum atomic E-state index is 13.2. The lowest BCUT2D eigenvalue weighted by atomic mass is 10.2. The van der Waals surface area contributed by atoms with E-state index in [2.05, 4.69) is 27.6 Å². The maximum Gasteiger partial charge on any atom is 0.363 e. The molecule has 0 bridgehead atoms. The predicted octanol–water partition coefficient (Wildman–Crippen LogP) is 4.43. The van der Waals surface area contributed by atoms with E-state index in [0.29, 0.717) is 16.1 Å². The van der Waals surface area contributed by atoms with Crippen LogP contribution in [0.2, 0.25) is 5.02 Å². The molecule has 0 fully saturated rings. The van der Waals surface area contributed by atoms with Gasteiger partial charge < -0.3 is 4.74 Å². The molecular weight excluding hydrogens is 420 g/mol. The fourth-order valence-electron chi connectivity index (χ4n) is 1.94. The summed E-state index contributed by atoms with van der Waals surface area (Å²) < 4.78 is 19.3. The van der Waals surface area contributed by atoms with Gasteiger partial charge in [-0.3, -0.25) is 0 Å². The van der Waals surface area contributed by atoms with E-state index in [1.54, 1.807) is 24.3 Å². The van der Waals surface area contributed by atoms with E-state index in [4.69, 9.17) is 16.3 Å². The van der Waals surface area contributed by atoms with Crippen molar-refractivity contribution in [3.63, 3.8) is 0 Å². The number of nitrogens with zero attached hydrogens (tertiary/aromatic N) is 1. The van der Waals surface area contributed by atoms with E-state index in [-0.39, 0.29) is 17.4 Å². The molecule has 110 valence electrons. The Hall–Kier alpha value is -1.73. The van der Waals surface area contributed by atoms with Crippen molar-refractivity contribution in [2.75, 3.05) is 0 Å². The highest BCUT2D eigenvalue weighted by Crippen LogP contribution is 2.25. The van der Waals surface area contributed by atoms with Crippen molar-refractivity contribution in [1.82, 2.24) is 0 Å². The molecule has 0 saturated carbocycles. The number of rotatable bonds is 2. The van der Waals surface area contributed by atoms with Gasteiger partial charge in [0.15, 0.2) is 5.70 Å². The quantitative estimate of drug-likeness (QED) is 0.404. The summed E-state index contributed by atoms with van der Waals surface area (Å²) in [7, 11) is 0. The number of carbonyl (C=O) groups is 1. The molecule has 1 aliphatic heterocycles. The first-order chi connectivity index (χ1) is 10.5. The van der Waals surface area contributed by atoms with Crippen molar-refractivity contribution < 1.29 is 13.9 Å². The van der Waals surface area contributed by atoms with Gasteiger partial charge in [-0.05, 0) is 64.6 Å². The van der Waals surface area contributed by atoms with Crippen LogP contribution in [0.1, 0.15) is 11.1 Å². The van der Waals surface area contributed by atoms with E-state index in [1.165, 1.54) is 18.2 Å². The highest BCUT2D eigenvalue weighted by Gasteiger charge is 2.25. The van der Waals surface area contributed by atoms with E-state index < -0.39 is 5.97 Å². The first-order valence-corrected chi connectivity index (χ1v) is 7.72. The minimum absolute atomic E-state index is 0.107. The SMILES string of the molecule is O=C1OC(c2cc(I)ccc2Cl)=N/C1=C\c1cccc(F)c1. The lowest BCUT2D eigenvalue weighted by Gasteiger charge is -2.02. The van der Waals surface area contributed by atoms with Gasteiger partial charge in [-0.25, -0.2) is 14.2 Å². The molecule has 3 nitrogen and oxygen atoms in total. The summed E-state index contributed by atoms with van der Waals surface area (Å²) in [4.78, 5) is 16.1. The molecule has 0 unspecified atom stereocenters. The molecule has 0 aliphatic carbocycles. The number of hydrogen-bond acceptors (Lipinski definition) is 3. The summed E-state index contributed by atoms with van der Waals surface area (Å²) in [6.07, 6.45) is 1.47. The van der Waals surface area contributed by atoms with Crippen LogP contribution in [0.25, 0.3) is 6.08 Å². The Labute approximate surface area is 144 Å². The standard InChI is InChI=1S/C16H8ClFINO2/c17-13-5-4-11(19)8-12(13)15-20-14(16(21)22-15)7-9-2-1-3-10(18)6-9/h1-8H/b14-7-. The van der Waals surface area contributed by atoms with Crippen molar-refractivity contribution in [3.8, 4) is 0 Å². The molecule has 2 aromatic carbocycles. The Morgan fingerprint density at radius 1 is 1.23 bits per heavy atom. The Kier molecular flexibility index (Phi) is 4.26. The van der Waals surface area contributed by atoms with Crippen LogP contribution in [-0.4, -0.2) is 11.9 Å². The second-order valence-electron chi connectivity index (χ2n) is 4.52. The molecule has 0 spiro atoms. The van der Waals surface area contributed by atoms with Gasteiger partial charge in [0.25, 0.3) is 0 Å². The number of esters is 1. The molecule has 0 radical (unpaired) electrons. The van der Waals surface area contributed by atoms with Crippen molar-refractivity contribution in [2.24, 2.45) is 4.99 Å². The number of hydrogen-bond donors (Lipinski definition) is 0. The summed E-state index contributed by atoms with van der Waals surface area (Å²) in [6.45, 7) is 0. The Morgan fingerprint density at radius 3 is 2.82 bits per heavy atom. The van der Waals surface area contributed by atoms with E-state index in [1.807, 2.05) is 6.07 Å². The van der Waals surface area contributed by atoms with Gasteiger partial charge in [0.2, 0.25) is 5.90 Å². The summed E-state index contributed by atoms with van der Waals surface area (Å²) >= 11 is 8.24. The first kappa shape index (κ1) is 15.2. The molecule has 0 amide bonds. The highest BCUT2D eigenvalue weighted by atomic mass is 127. The summed E-state index contributed by atoms with van der Waals surface area (Å²) in [5, 5.41) is 0.443. The van der Waals surface area contributed by atoms with E-state index >= 15 is 0 Å². The fourth-order valence-corrected chi connectivity index (χ4v) is 2.63. The molecule has 3 rings (SSSR count). The zero-order chi connectivity index (χ0) is 15.7. The lowest BCUT2D eigenvalue weighted by Crippen LogP contribution is -2.06. The van der Waals surface area contributed by atoms with Crippen LogP contribution < -0.4 is 0 Å². The third kappa shape index (κ3) is 3.20. The minimum atomic E-state index is -0.589. The topological polar surface area (TPSA) is 38.7 Å². The summed E-state index contributed by atoms with van der Waals surface area (Å²) in [5.74, 6) is -0.823. The summed E-state index contributed by atoms with van der Waals surface area (Å²) in [6, 6.07) is 11.2. The monoisotopic (exact) mass is 427 g/mol. The van der Waals surface area contributed by atoms with Gasteiger partial charge >= 0.3 is 5.97 Å². The van der Waals surface area contributed by atoms with Crippen molar-refractivity contribution in [1.29, 1.82) is 0 Å². The van der Waals surface area contributed by atoms with Crippen LogP contribution in [0.5, 0.6) is 0 Å². The zero-order valence-corrected chi connectivity index (χ0v) is 13.9. The molecular formula is C16H8ClFINO2. The van der Waals surface area contributed by atoms with Gasteiger partial charge in [-0.2, -0.15) is 0 Å². The average Bonchev–Trinajstić information content (AvgIpc) is 2.83. The molecule has 0 saturated heterocycles. The average molecular weight is 428 g/mol. The van der Waals surface area contributed by atoms with Crippen molar-refractivity contribution in [2.45, 2.75) is 0 Å². The minimum Gasteiger partial charge on any atom is -0.402 e. The largest absolute Gasteiger partial charge is 0.402 e. The van der Waals surface area contributed by atoms with E-state index in [9.17, 15) is 9.18 Å². The van der Waals surface area contributed by atoms with E-state index in [0.717, 1.165) is 3.57 Å². The van der Waals surface area contributed by atoms with Crippen LogP contribution in [0.4, 0.5) is 4.39 Å². The molecule has 6 heteroatoms. The number of halogens is 3. The molecule has 1 aliphatic rings. The number of benzene rings is 2. The zero-order valence-electron chi connectivity index (χ0n) is 11.0. The third-order valence-corrected chi connectivity index (χ3v) is 3.93. The normalized spacial score (nSPS) is 15.9. The molecule has 2 aromatic rings. The van der Waals surface area contributed by atoms with Crippen LogP contribution in [-0.2, 0) is 9.53 Å². The van der Waals surface area contributed by atoms with Crippen LogP contribution >= 0.6 is 34.2 Å². The van der Waals surface area contributed by atoms with Crippen molar-refractivity contribution >= 4 is 52.1 Å². The van der Waals surface area contributed by atoms with Gasteiger partial charge in [-0.1, -0.05) is 23.7 Å². The Morgan fingerprint density at radius 2 is 2.05 bits per heavy atom. The van der Waals surface area contributed by atoms with Gasteiger partial charge in [0.1, 0.15) is 5.82 Å². The van der Waals surface area contributed by atoms with Crippen LogP contribution in [0.3, 0.4) is 0 Å². The third-order valence-electron chi connectivity index (χ3n) is 2.93. The van der Waals surface area contributed by atoms with Crippen LogP contribution in [0, 0.1) is 9.39 Å². The second kappa shape index (κ2) is 6.18. The number of aliphatic imine (C=N–C) groups is 1. The maximum absolute atomic E-state index is 13.2. The summed E-state index contributed by atoms with van der Waals surface area (Å²) in [5.41, 5.74) is 1.19. The first-order valence-electron chi connectivity index (χ1n) is 6.26. The number of cyclic esters (lactones) is 1. The highest BCUT2D eigenvalue weighted by molar-refractivity contribution is 14.1. The number of ether oxygens (including phenoxy) is 1. The van der Waals surface area contributed by atoms with Gasteiger partial charge in [0, 0.05) is 3.57 Å². The van der Waals surface area contributed by atoms with Gasteiger partial charge in [0.05, 0.1) is 10.6 Å².